The van der Waals surface area contributed by atoms with E-state index in [1.807, 2.05) is 6.92 Å². The molecule has 2 aromatic carbocycles. The first kappa shape index (κ1) is 20.2. The van der Waals surface area contributed by atoms with E-state index in [2.05, 4.69) is 10.6 Å². The Balaban J connectivity index is 1.88. The van der Waals surface area contributed by atoms with Gasteiger partial charge in [-0.1, -0.05) is 17.7 Å². The van der Waals surface area contributed by atoms with Gasteiger partial charge in [0.25, 0.3) is 11.8 Å². The molecule has 5 nitrogen and oxygen atoms in total. The van der Waals surface area contributed by atoms with Crippen LogP contribution in [0.5, 0.6) is 0 Å². The van der Waals surface area contributed by atoms with E-state index in [-0.39, 0.29) is 16.8 Å². The number of hydrogen-bond donors (Lipinski definition) is 2. The second kappa shape index (κ2) is 7.83. The molecule has 3 rings (SSSR count). The van der Waals surface area contributed by atoms with Gasteiger partial charge in [0.1, 0.15) is 6.26 Å². The highest BCUT2D eigenvalue weighted by Gasteiger charge is 2.34. The molecule has 0 saturated carbocycles. The minimum absolute atomic E-state index is 0.0620. The van der Waals surface area contributed by atoms with Gasteiger partial charge in [-0.2, -0.15) is 13.2 Å². The highest BCUT2D eigenvalue weighted by Crippen LogP contribution is 2.37. The molecule has 0 aliphatic carbocycles. The van der Waals surface area contributed by atoms with Crippen molar-refractivity contribution in [2.45, 2.75) is 20.0 Å². The van der Waals surface area contributed by atoms with Gasteiger partial charge in [0.05, 0.1) is 23.1 Å². The molecule has 0 fully saturated rings. The van der Waals surface area contributed by atoms with Crippen LogP contribution in [0.15, 0.2) is 59.4 Å². The fourth-order valence-electron chi connectivity index (χ4n) is 2.82. The first-order chi connectivity index (χ1) is 13.6. The molecule has 2 N–H and O–H groups in total. The second-order valence-corrected chi connectivity index (χ2v) is 6.50. The number of aryl methyl sites for hydroxylation is 2. The van der Waals surface area contributed by atoms with Crippen LogP contribution >= 0.6 is 0 Å². The number of carbonyl (C=O) groups is 2. The minimum atomic E-state index is -4.73. The van der Waals surface area contributed by atoms with Crippen LogP contribution in [0.1, 0.15) is 37.4 Å². The van der Waals surface area contributed by atoms with Gasteiger partial charge in [0, 0.05) is 11.3 Å². The standard InChI is InChI=1S/C21H17F3N2O3/c1-12-3-5-16(13(2)9-12)20(28)26-18-6-4-15(10-17(18)21(22,23)24)25-19(27)14-7-8-29-11-14/h3-11H,1-2H3,(H,25,27)(H,26,28). The Morgan fingerprint density at radius 1 is 0.931 bits per heavy atom. The molecular weight excluding hydrogens is 385 g/mol. The summed E-state index contributed by atoms with van der Waals surface area (Å²) >= 11 is 0. The lowest BCUT2D eigenvalue weighted by molar-refractivity contribution is -0.136. The summed E-state index contributed by atoms with van der Waals surface area (Å²) < 4.78 is 45.4. The Morgan fingerprint density at radius 3 is 2.31 bits per heavy atom. The van der Waals surface area contributed by atoms with Crippen molar-refractivity contribution in [3.8, 4) is 0 Å². The summed E-state index contributed by atoms with van der Waals surface area (Å²) in [6.07, 6.45) is -2.28. The van der Waals surface area contributed by atoms with E-state index in [9.17, 15) is 22.8 Å². The van der Waals surface area contributed by atoms with Crippen LogP contribution < -0.4 is 10.6 Å². The van der Waals surface area contributed by atoms with Crippen LogP contribution in [0.25, 0.3) is 0 Å². The Labute approximate surface area is 164 Å². The third kappa shape index (κ3) is 4.66. The van der Waals surface area contributed by atoms with Crippen molar-refractivity contribution in [3.63, 3.8) is 0 Å². The zero-order valence-corrected chi connectivity index (χ0v) is 15.6. The number of alkyl halides is 3. The van der Waals surface area contributed by atoms with Gasteiger partial charge in [-0.05, 0) is 49.7 Å². The van der Waals surface area contributed by atoms with Gasteiger partial charge in [-0.25, -0.2) is 0 Å². The molecule has 29 heavy (non-hydrogen) atoms. The van der Waals surface area contributed by atoms with Crippen molar-refractivity contribution in [3.05, 3.63) is 82.8 Å². The van der Waals surface area contributed by atoms with E-state index in [1.165, 1.54) is 24.7 Å². The maximum atomic E-state index is 13.5. The minimum Gasteiger partial charge on any atom is -0.472 e. The highest BCUT2D eigenvalue weighted by molar-refractivity contribution is 6.06. The summed E-state index contributed by atoms with van der Waals surface area (Å²) in [6, 6.07) is 9.59. The molecule has 0 aliphatic rings. The first-order valence-electron chi connectivity index (χ1n) is 8.58. The number of amides is 2. The summed E-state index contributed by atoms with van der Waals surface area (Å²) in [7, 11) is 0. The summed E-state index contributed by atoms with van der Waals surface area (Å²) in [5.74, 6) is -1.26. The molecule has 0 aliphatic heterocycles. The van der Waals surface area contributed by atoms with E-state index < -0.39 is 29.2 Å². The SMILES string of the molecule is Cc1ccc(C(=O)Nc2ccc(NC(=O)c3ccoc3)cc2C(F)(F)F)c(C)c1. The van der Waals surface area contributed by atoms with Crippen molar-refractivity contribution in [2.24, 2.45) is 0 Å². The normalized spacial score (nSPS) is 11.2. The lowest BCUT2D eigenvalue weighted by Crippen LogP contribution is -2.18. The highest BCUT2D eigenvalue weighted by atomic mass is 19.4. The van der Waals surface area contributed by atoms with E-state index in [4.69, 9.17) is 4.42 Å². The molecule has 8 heteroatoms. The molecule has 0 saturated heterocycles. The number of nitrogens with one attached hydrogen (secondary N) is 2. The van der Waals surface area contributed by atoms with Gasteiger partial charge < -0.3 is 15.1 Å². The van der Waals surface area contributed by atoms with Crippen LogP contribution in [0.4, 0.5) is 24.5 Å². The van der Waals surface area contributed by atoms with Crippen LogP contribution in [0, 0.1) is 13.8 Å². The maximum Gasteiger partial charge on any atom is 0.418 e. The molecular formula is C21H17F3N2O3. The van der Waals surface area contributed by atoms with E-state index >= 15 is 0 Å². The van der Waals surface area contributed by atoms with Gasteiger partial charge in [0.15, 0.2) is 0 Å². The van der Waals surface area contributed by atoms with Crippen molar-refractivity contribution in [2.75, 3.05) is 10.6 Å². The molecule has 0 spiro atoms. The van der Waals surface area contributed by atoms with Gasteiger partial charge >= 0.3 is 6.18 Å². The van der Waals surface area contributed by atoms with Crippen molar-refractivity contribution in [1.29, 1.82) is 0 Å². The van der Waals surface area contributed by atoms with E-state index in [0.29, 0.717) is 5.56 Å². The Morgan fingerprint density at radius 2 is 1.69 bits per heavy atom. The number of benzene rings is 2. The molecule has 0 atom stereocenters. The van der Waals surface area contributed by atoms with E-state index in [1.54, 1.807) is 25.1 Å². The van der Waals surface area contributed by atoms with E-state index in [0.717, 1.165) is 17.7 Å². The summed E-state index contributed by atoms with van der Waals surface area (Å²) in [6.45, 7) is 3.56. The monoisotopic (exact) mass is 402 g/mol. The number of anilines is 2. The predicted octanol–water partition coefficient (Wildman–Crippen LogP) is 5.42. The molecule has 0 bridgehead atoms. The van der Waals surface area contributed by atoms with Gasteiger partial charge in [0.2, 0.25) is 0 Å². The lowest BCUT2D eigenvalue weighted by Gasteiger charge is -2.16. The number of furan rings is 1. The second-order valence-electron chi connectivity index (χ2n) is 6.50. The fourth-order valence-corrected chi connectivity index (χ4v) is 2.82. The Bertz CT molecular complexity index is 1060. The molecule has 1 aromatic heterocycles. The molecule has 2 amide bonds. The number of halogens is 3. The fraction of sp³-hybridized carbons (Fsp3) is 0.143. The first-order valence-corrected chi connectivity index (χ1v) is 8.58. The average molecular weight is 402 g/mol. The Hall–Kier alpha value is -3.55. The third-order valence-electron chi connectivity index (χ3n) is 4.24. The lowest BCUT2D eigenvalue weighted by atomic mass is 10.0. The van der Waals surface area contributed by atoms with Crippen LogP contribution in [-0.2, 0) is 6.18 Å². The van der Waals surface area contributed by atoms with Crippen LogP contribution in [-0.4, -0.2) is 11.8 Å². The van der Waals surface area contributed by atoms with Crippen molar-refractivity contribution in [1.82, 2.24) is 0 Å². The summed E-state index contributed by atoms with van der Waals surface area (Å²) in [5, 5.41) is 4.69. The van der Waals surface area contributed by atoms with Crippen LogP contribution in [0.3, 0.4) is 0 Å². The topological polar surface area (TPSA) is 71.3 Å². The number of carbonyl (C=O) groups excluding carboxylic acids is 2. The molecule has 3 aromatic rings. The quantitative estimate of drug-likeness (QED) is 0.612. The molecule has 0 radical (unpaired) electrons. The largest absolute Gasteiger partial charge is 0.472 e. The number of rotatable bonds is 4. The third-order valence-corrected chi connectivity index (χ3v) is 4.24. The molecule has 1 heterocycles. The summed E-state index contributed by atoms with van der Waals surface area (Å²) in [5.41, 5.74) is 0.511. The average Bonchev–Trinajstić information content (AvgIpc) is 3.16. The zero-order chi connectivity index (χ0) is 21.2. The smallest absolute Gasteiger partial charge is 0.418 e. The van der Waals surface area contributed by atoms with Gasteiger partial charge in [-0.15, -0.1) is 0 Å². The number of hydrogen-bond acceptors (Lipinski definition) is 3. The molecule has 0 unspecified atom stereocenters. The zero-order valence-electron chi connectivity index (χ0n) is 15.6. The van der Waals surface area contributed by atoms with Crippen LogP contribution in [0.2, 0.25) is 0 Å². The maximum absolute atomic E-state index is 13.5. The Kier molecular flexibility index (Phi) is 5.45. The van der Waals surface area contributed by atoms with Gasteiger partial charge in [-0.3, -0.25) is 9.59 Å². The molecule has 150 valence electrons. The predicted molar refractivity (Wildman–Crippen MR) is 102 cm³/mol. The van der Waals surface area contributed by atoms with Crippen molar-refractivity contribution >= 4 is 23.2 Å². The summed E-state index contributed by atoms with van der Waals surface area (Å²) in [4.78, 5) is 24.5. The van der Waals surface area contributed by atoms with Crippen molar-refractivity contribution < 1.29 is 27.2 Å².